The van der Waals surface area contributed by atoms with Gasteiger partial charge in [-0.05, 0) is 49.1 Å². The van der Waals surface area contributed by atoms with Gasteiger partial charge in [0.2, 0.25) is 12.7 Å². The van der Waals surface area contributed by atoms with Crippen molar-refractivity contribution in [2.24, 2.45) is 5.92 Å². The van der Waals surface area contributed by atoms with Gasteiger partial charge in [-0.1, -0.05) is 38.1 Å². The van der Waals surface area contributed by atoms with Crippen LogP contribution in [0.25, 0.3) is 0 Å². The van der Waals surface area contributed by atoms with Crippen LogP contribution in [0.5, 0.6) is 11.5 Å². The number of benzene rings is 2. The van der Waals surface area contributed by atoms with E-state index in [1.807, 2.05) is 64.1 Å². The second kappa shape index (κ2) is 8.33. The fourth-order valence-corrected chi connectivity index (χ4v) is 3.15. The molecule has 0 saturated heterocycles. The summed E-state index contributed by atoms with van der Waals surface area (Å²) >= 11 is 0. The lowest BCUT2D eigenvalue weighted by Crippen LogP contribution is -2.50. The summed E-state index contributed by atoms with van der Waals surface area (Å²) in [6.07, 6.45) is 0. The predicted molar refractivity (Wildman–Crippen MR) is 106 cm³/mol. The molecule has 2 aromatic carbocycles. The summed E-state index contributed by atoms with van der Waals surface area (Å²) in [6.45, 7) is 7.80. The van der Waals surface area contributed by atoms with E-state index in [2.05, 4.69) is 10.6 Å². The summed E-state index contributed by atoms with van der Waals surface area (Å²) < 4.78 is 10.7. The average Bonchev–Trinajstić information content (AvgIpc) is 3.13. The zero-order chi connectivity index (χ0) is 20.3. The summed E-state index contributed by atoms with van der Waals surface area (Å²) in [5.74, 6) is 0.849. The van der Waals surface area contributed by atoms with Crippen LogP contribution in [0.1, 0.15) is 48.3 Å². The molecule has 0 bridgehead atoms. The van der Waals surface area contributed by atoms with Crippen molar-refractivity contribution >= 4 is 11.8 Å². The van der Waals surface area contributed by atoms with Gasteiger partial charge in [0.15, 0.2) is 11.5 Å². The highest BCUT2D eigenvalue weighted by molar-refractivity contribution is 5.98. The summed E-state index contributed by atoms with van der Waals surface area (Å²) in [5, 5.41) is 5.87. The molecule has 0 aromatic heterocycles. The summed E-state index contributed by atoms with van der Waals surface area (Å²) in [7, 11) is 0. The van der Waals surface area contributed by atoms with E-state index in [-0.39, 0.29) is 30.6 Å². The highest BCUT2D eigenvalue weighted by Gasteiger charge is 2.27. The Morgan fingerprint density at radius 3 is 2.39 bits per heavy atom. The van der Waals surface area contributed by atoms with Crippen LogP contribution in [0.4, 0.5) is 0 Å². The molecule has 148 valence electrons. The maximum absolute atomic E-state index is 12.9. The van der Waals surface area contributed by atoms with Gasteiger partial charge in [0.25, 0.3) is 5.91 Å². The van der Waals surface area contributed by atoms with E-state index in [1.54, 1.807) is 6.07 Å². The van der Waals surface area contributed by atoms with Gasteiger partial charge in [-0.2, -0.15) is 0 Å². The first-order valence-electron chi connectivity index (χ1n) is 9.43. The van der Waals surface area contributed by atoms with Crippen LogP contribution in [0.2, 0.25) is 0 Å². The fraction of sp³-hybridized carbons (Fsp3) is 0.364. The number of hydrogen-bond acceptors (Lipinski definition) is 4. The average molecular weight is 382 g/mol. The van der Waals surface area contributed by atoms with Crippen LogP contribution >= 0.6 is 0 Å². The Morgan fingerprint density at radius 2 is 1.68 bits per heavy atom. The first kappa shape index (κ1) is 19.7. The van der Waals surface area contributed by atoms with Crippen molar-refractivity contribution in [1.29, 1.82) is 0 Å². The number of carbonyl (C=O) groups is 2. The molecule has 2 unspecified atom stereocenters. The minimum absolute atomic E-state index is 0.0584. The topological polar surface area (TPSA) is 76.7 Å². The largest absolute Gasteiger partial charge is 0.454 e. The van der Waals surface area contributed by atoms with E-state index in [0.29, 0.717) is 17.1 Å². The molecule has 1 aliphatic heterocycles. The Labute approximate surface area is 165 Å². The van der Waals surface area contributed by atoms with E-state index in [1.165, 1.54) is 0 Å². The molecule has 1 aliphatic rings. The lowest BCUT2D eigenvalue weighted by Gasteiger charge is -2.24. The highest BCUT2D eigenvalue weighted by atomic mass is 16.7. The Hall–Kier alpha value is -3.02. The molecule has 2 atom stereocenters. The van der Waals surface area contributed by atoms with Crippen LogP contribution in [-0.4, -0.2) is 24.6 Å². The number of hydrogen-bond donors (Lipinski definition) is 2. The molecule has 1 heterocycles. The summed E-state index contributed by atoms with van der Waals surface area (Å²) in [6, 6.07) is 12.1. The van der Waals surface area contributed by atoms with E-state index in [0.717, 1.165) is 11.1 Å². The molecule has 0 aliphatic carbocycles. The molecule has 2 amide bonds. The maximum atomic E-state index is 12.9. The first-order chi connectivity index (χ1) is 13.4. The third kappa shape index (κ3) is 4.27. The molecule has 3 rings (SSSR count). The van der Waals surface area contributed by atoms with Gasteiger partial charge >= 0.3 is 0 Å². The molecule has 0 fully saturated rings. The zero-order valence-electron chi connectivity index (χ0n) is 16.6. The van der Waals surface area contributed by atoms with Crippen molar-refractivity contribution in [1.82, 2.24) is 10.6 Å². The van der Waals surface area contributed by atoms with Crippen molar-refractivity contribution in [3.8, 4) is 11.5 Å². The SMILES string of the molecule is Cc1ccccc1C(=O)NC(C(=O)NC(C)c1ccc2c(c1)OCO2)C(C)C. The van der Waals surface area contributed by atoms with E-state index >= 15 is 0 Å². The molecule has 0 radical (unpaired) electrons. The summed E-state index contributed by atoms with van der Waals surface area (Å²) in [5.41, 5.74) is 2.35. The van der Waals surface area contributed by atoms with Gasteiger partial charge in [-0.25, -0.2) is 0 Å². The van der Waals surface area contributed by atoms with Crippen LogP contribution in [0.15, 0.2) is 42.5 Å². The minimum atomic E-state index is -0.636. The Kier molecular flexibility index (Phi) is 5.87. The number of carbonyl (C=O) groups excluding carboxylic acids is 2. The van der Waals surface area contributed by atoms with E-state index in [4.69, 9.17) is 9.47 Å². The van der Waals surface area contributed by atoms with Crippen LogP contribution < -0.4 is 20.1 Å². The molecule has 6 nitrogen and oxygen atoms in total. The van der Waals surface area contributed by atoms with Crippen LogP contribution in [0, 0.1) is 12.8 Å². The number of rotatable bonds is 6. The monoisotopic (exact) mass is 382 g/mol. The Balaban J connectivity index is 1.69. The Bertz CT molecular complexity index is 879. The van der Waals surface area contributed by atoms with Crippen molar-refractivity contribution in [3.63, 3.8) is 0 Å². The highest BCUT2D eigenvalue weighted by Crippen LogP contribution is 2.34. The molecule has 6 heteroatoms. The van der Waals surface area contributed by atoms with Gasteiger partial charge in [0, 0.05) is 5.56 Å². The van der Waals surface area contributed by atoms with Gasteiger partial charge in [0.05, 0.1) is 6.04 Å². The number of fused-ring (bicyclic) bond motifs is 1. The third-order valence-corrected chi connectivity index (χ3v) is 4.88. The molecule has 2 N–H and O–H groups in total. The third-order valence-electron chi connectivity index (χ3n) is 4.88. The lowest BCUT2D eigenvalue weighted by molar-refractivity contribution is -0.124. The van der Waals surface area contributed by atoms with Gasteiger partial charge in [-0.3, -0.25) is 9.59 Å². The molecular weight excluding hydrogens is 356 g/mol. The number of ether oxygens (including phenoxy) is 2. The van der Waals surface area contributed by atoms with Crippen molar-refractivity contribution < 1.29 is 19.1 Å². The number of amides is 2. The van der Waals surface area contributed by atoms with E-state index in [9.17, 15) is 9.59 Å². The van der Waals surface area contributed by atoms with Gasteiger partial charge < -0.3 is 20.1 Å². The van der Waals surface area contributed by atoms with Crippen molar-refractivity contribution in [3.05, 3.63) is 59.2 Å². The van der Waals surface area contributed by atoms with Crippen LogP contribution in [0.3, 0.4) is 0 Å². The minimum Gasteiger partial charge on any atom is -0.454 e. The summed E-state index contributed by atoms with van der Waals surface area (Å²) in [4.78, 5) is 25.5. The molecule has 0 saturated carbocycles. The lowest BCUT2D eigenvalue weighted by atomic mass is 10.0. The number of nitrogens with one attached hydrogen (secondary N) is 2. The second-order valence-corrected chi connectivity index (χ2v) is 7.35. The predicted octanol–water partition coefficient (Wildman–Crippen LogP) is 3.36. The smallest absolute Gasteiger partial charge is 0.252 e. The zero-order valence-corrected chi connectivity index (χ0v) is 16.6. The van der Waals surface area contributed by atoms with Crippen molar-refractivity contribution in [2.75, 3.05) is 6.79 Å². The molecule has 28 heavy (non-hydrogen) atoms. The fourth-order valence-electron chi connectivity index (χ4n) is 3.15. The van der Waals surface area contributed by atoms with Crippen LogP contribution in [-0.2, 0) is 4.79 Å². The normalized spacial score (nSPS) is 14.5. The molecule has 2 aromatic rings. The Morgan fingerprint density at radius 1 is 0.964 bits per heavy atom. The van der Waals surface area contributed by atoms with Gasteiger partial charge in [-0.15, -0.1) is 0 Å². The van der Waals surface area contributed by atoms with Gasteiger partial charge in [0.1, 0.15) is 6.04 Å². The molecule has 0 spiro atoms. The molecular formula is C22H26N2O4. The number of aryl methyl sites for hydroxylation is 1. The second-order valence-electron chi connectivity index (χ2n) is 7.35. The van der Waals surface area contributed by atoms with Crippen molar-refractivity contribution in [2.45, 2.75) is 39.8 Å². The standard InChI is InChI=1S/C22H26N2O4/c1-13(2)20(24-21(25)17-8-6-5-7-14(17)3)22(26)23-15(4)16-9-10-18-19(11-16)28-12-27-18/h5-11,13,15,20H,12H2,1-4H3,(H,23,26)(H,24,25). The quantitative estimate of drug-likeness (QED) is 0.803. The van der Waals surface area contributed by atoms with E-state index < -0.39 is 6.04 Å². The maximum Gasteiger partial charge on any atom is 0.252 e. The first-order valence-corrected chi connectivity index (χ1v) is 9.43.